The number of rotatable bonds is 5. The van der Waals surface area contributed by atoms with E-state index in [1.807, 2.05) is 29.6 Å². The van der Waals surface area contributed by atoms with Gasteiger partial charge in [0.15, 0.2) is 5.13 Å². The molecule has 1 aliphatic heterocycles. The lowest BCUT2D eigenvalue weighted by molar-refractivity contribution is -0.118. The lowest BCUT2D eigenvalue weighted by Gasteiger charge is -2.48. The number of aromatic nitrogens is 1. The number of amides is 1. The number of benzene rings is 1. The summed E-state index contributed by atoms with van der Waals surface area (Å²) in [6.07, 6.45) is 0. The highest BCUT2D eigenvalue weighted by molar-refractivity contribution is 7.14. The molecular formula is C20H28N4O2S. The molecule has 1 aromatic heterocycles. The van der Waals surface area contributed by atoms with E-state index in [2.05, 4.69) is 48.2 Å². The summed E-state index contributed by atoms with van der Waals surface area (Å²) in [4.78, 5) is 19.2. The summed E-state index contributed by atoms with van der Waals surface area (Å²) in [5.41, 5.74) is 1.80. The zero-order valence-electron chi connectivity index (χ0n) is 16.6. The van der Waals surface area contributed by atoms with Crippen molar-refractivity contribution in [2.75, 3.05) is 32.1 Å². The van der Waals surface area contributed by atoms with Gasteiger partial charge in [0.2, 0.25) is 5.91 Å². The molecule has 1 amide bonds. The molecule has 2 heterocycles. The number of methoxy groups -OCH3 is 1. The van der Waals surface area contributed by atoms with Gasteiger partial charge in [0.05, 0.1) is 19.3 Å². The third kappa shape index (κ3) is 5.28. The van der Waals surface area contributed by atoms with Crippen LogP contribution in [0.4, 0.5) is 5.13 Å². The molecule has 0 atom stereocenters. The Morgan fingerprint density at radius 1 is 1.22 bits per heavy atom. The summed E-state index contributed by atoms with van der Waals surface area (Å²) in [5, 5.41) is 9.14. The topological polar surface area (TPSA) is 66.5 Å². The van der Waals surface area contributed by atoms with Crippen LogP contribution in [0.3, 0.4) is 0 Å². The fourth-order valence-electron chi connectivity index (χ4n) is 3.87. The lowest BCUT2D eigenvalue weighted by Crippen LogP contribution is -2.67. The number of nitrogens with zero attached hydrogens (tertiary/aromatic N) is 2. The van der Waals surface area contributed by atoms with Gasteiger partial charge in [-0.25, -0.2) is 4.98 Å². The molecular weight excluding hydrogens is 360 g/mol. The van der Waals surface area contributed by atoms with Crippen molar-refractivity contribution in [2.24, 2.45) is 0 Å². The van der Waals surface area contributed by atoms with E-state index in [1.54, 1.807) is 7.11 Å². The van der Waals surface area contributed by atoms with Crippen LogP contribution in [0.25, 0.3) is 11.3 Å². The Kier molecular flexibility index (Phi) is 5.55. The highest BCUT2D eigenvalue weighted by Crippen LogP contribution is 2.26. The molecule has 7 heteroatoms. The number of carbonyl (C=O) groups excluding carboxylic acids is 1. The van der Waals surface area contributed by atoms with E-state index in [4.69, 9.17) is 4.74 Å². The van der Waals surface area contributed by atoms with Gasteiger partial charge in [0, 0.05) is 35.1 Å². The molecule has 0 unspecified atom stereocenters. The van der Waals surface area contributed by atoms with Gasteiger partial charge in [0.1, 0.15) is 5.75 Å². The van der Waals surface area contributed by atoms with E-state index in [9.17, 15) is 4.79 Å². The summed E-state index contributed by atoms with van der Waals surface area (Å²) < 4.78 is 5.18. The maximum atomic E-state index is 12.5. The molecule has 27 heavy (non-hydrogen) atoms. The molecule has 0 aliphatic carbocycles. The number of hydrogen-bond acceptors (Lipinski definition) is 6. The number of thiazole rings is 1. The summed E-state index contributed by atoms with van der Waals surface area (Å²) in [5.74, 6) is 0.781. The van der Waals surface area contributed by atoms with Crippen LogP contribution in [0, 0.1) is 0 Å². The normalized spacial score (nSPS) is 18.9. The number of nitrogens with one attached hydrogen (secondary N) is 2. The van der Waals surface area contributed by atoms with Crippen LogP contribution in [0.1, 0.15) is 27.7 Å². The lowest BCUT2D eigenvalue weighted by atomic mass is 9.91. The molecule has 1 fully saturated rings. The molecule has 6 nitrogen and oxygen atoms in total. The largest absolute Gasteiger partial charge is 0.497 e. The first-order chi connectivity index (χ1) is 12.7. The van der Waals surface area contributed by atoms with E-state index < -0.39 is 0 Å². The molecule has 1 aliphatic rings. The Morgan fingerprint density at radius 2 is 1.85 bits per heavy atom. The van der Waals surface area contributed by atoms with Gasteiger partial charge < -0.3 is 15.4 Å². The Bertz CT molecular complexity index is 783. The van der Waals surface area contributed by atoms with Gasteiger partial charge in [-0.2, -0.15) is 0 Å². The highest BCUT2D eigenvalue weighted by atomic mass is 32.1. The first kappa shape index (κ1) is 19.8. The number of anilines is 1. The van der Waals surface area contributed by atoms with Gasteiger partial charge in [0.25, 0.3) is 0 Å². The van der Waals surface area contributed by atoms with E-state index in [1.165, 1.54) is 11.3 Å². The molecule has 0 radical (unpaired) electrons. The van der Waals surface area contributed by atoms with Gasteiger partial charge in [-0.05, 0) is 52.0 Å². The van der Waals surface area contributed by atoms with E-state index in [0.717, 1.165) is 30.1 Å². The Labute approximate surface area is 164 Å². The minimum absolute atomic E-state index is 0.0231. The minimum atomic E-state index is -0.0286. The van der Waals surface area contributed by atoms with Crippen LogP contribution in [-0.4, -0.2) is 53.6 Å². The van der Waals surface area contributed by atoms with Crippen molar-refractivity contribution in [3.8, 4) is 17.0 Å². The maximum absolute atomic E-state index is 12.5. The van der Waals surface area contributed by atoms with Crippen molar-refractivity contribution in [1.82, 2.24) is 15.2 Å². The van der Waals surface area contributed by atoms with Crippen LogP contribution in [0.15, 0.2) is 29.6 Å². The SMILES string of the molecule is COc1ccc(-c2csc(NC(=O)CN3CC(C)(C)NC(C)(C)C3)n2)cc1. The summed E-state index contributed by atoms with van der Waals surface area (Å²) in [6, 6.07) is 7.73. The van der Waals surface area contributed by atoms with Crippen LogP contribution in [0.2, 0.25) is 0 Å². The van der Waals surface area contributed by atoms with Gasteiger partial charge >= 0.3 is 0 Å². The van der Waals surface area contributed by atoms with Gasteiger partial charge in [-0.15, -0.1) is 11.3 Å². The molecule has 2 aromatic rings. The standard InChI is InChI=1S/C20H28N4O2S/c1-19(2)12-24(13-20(3,4)23-19)10-17(25)22-18-21-16(11-27-18)14-6-8-15(26-5)9-7-14/h6-9,11,23H,10,12-13H2,1-5H3,(H,21,22,25). The van der Waals surface area contributed by atoms with E-state index in [0.29, 0.717) is 11.7 Å². The number of piperazine rings is 1. The smallest absolute Gasteiger partial charge is 0.240 e. The molecule has 1 saturated heterocycles. The van der Waals surface area contributed by atoms with Crippen molar-refractivity contribution in [1.29, 1.82) is 0 Å². The number of carbonyl (C=O) groups is 1. The Balaban J connectivity index is 1.60. The van der Waals surface area contributed by atoms with E-state index in [-0.39, 0.29) is 17.0 Å². The number of ether oxygens (including phenoxy) is 1. The first-order valence-corrected chi connectivity index (χ1v) is 9.95. The predicted octanol–water partition coefficient (Wildman–Crippen LogP) is 3.22. The first-order valence-electron chi connectivity index (χ1n) is 9.07. The average molecular weight is 389 g/mol. The molecule has 3 rings (SSSR count). The average Bonchev–Trinajstić information content (AvgIpc) is 3.00. The summed E-state index contributed by atoms with van der Waals surface area (Å²) in [6.45, 7) is 10.7. The van der Waals surface area contributed by atoms with E-state index >= 15 is 0 Å². The second-order valence-corrected chi connectivity index (χ2v) is 9.21. The monoisotopic (exact) mass is 388 g/mol. The minimum Gasteiger partial charge on any atom is -0.497 e. The van der Waals surface area contributed by atoms with Crippen LogP contribution < -0.4 is 15.4 Å². The fraction of sp³-hybridized carbons (Fsp3) is 0.500. The Hall–Kier alpha value is -1.96. The van der Waals surface area contributed by atoms with Crippen molar-refractivity contribution in [3.63, 3.8) is 0 Å². The van der Waals surface area contributed by atoms with Crippen molar-refractivity contribution >= 4 is 22.4 Å². The maximum Gasteiger partial charge on any atom is 0.240 e. The third-order valence-corrected chi connectivity index (χ3v) is 5.18. The second-order valence-electron chi connectivity index (χ2n) is 8.35. The van der Waals surface area contributed by atoms with Gasteiger partial charge in [-0.3, -0.25) is 9.69 Å². The molecule has 2 N–H and O–H groups in total. The van der Waals surface area contributed by atoms with Crippen LogP contribution >= 0.6 is 11.3 Å². The fourth-order valence-corrected chi connectivity index (χ4v) is 4.60. The number of hydrogen-bond donors (Lipinski definition) is 2. The van der Waals surface area contributed by atoms with Crippen molar-refractivity contribution in [3.05, 3.63) is 29.6 Å². The van der Waals surface area contributed by atoms with Crippen molar-refractivity contribution < 1.29 is 9.53 Å². The van der Waals surface area contributed by atoms with Gasteiger partial charge in [-0.1, -0.05) is 0 Å². The molecule has 0 bridgehead atoms. The molecule has 0 saturated carbocycles. The third-order valence-electron chi connectivity index (χ3n) is 4.42. The Morgan fingerprint density at radius 3 is 2.44 bits per heavy atom. The predicted molar refractivity (Wildman–Crippen MR) is 110 cm³/mol. The summed E-state index contributed by atoms with van der Waals surface area (Å²) >= 11 is 1.44. The van der Waals surface area contributed by atoms with Crippen LogP contribution in [0.5, 0.6) is 5.75 Å². The summed E-state index contributed by atoms with van der Waals surface area (Å²) in [7, 11) is 1.64. The molecule has 1 aromatic carbocycles. The zero-order chi connectivity index (χ0) is 19.7. The zero-order valence-corrected chi connectivity index (χ0v) is 17.4. The molecule has 0 spiro atoms. The van der Waals surface area contributed by atoms with Crippen LogP contribution in [-0.2, 0) is 4.79 Å². The molecule has 146 valence electrons. The second kappa shape index (κ2) is 7.58. The quantitative estimate of drug-likeness (QED) is 0.823. The van der Waals surface area contributed by atoms with Crippen molar-refractivity contribution in [2.45, 2.75) is 38.8 Å². The highest BCUT2D eigenvalue weighted by Gasteiger charge is 2.36.